The molecule has 1 aromatic heterocycles. The second-order valence-corrected chi connectivity index (χ2v) is 6.64. The molecule has 0 aromatic carbocycles. The van der Waals surface area contributed by atoms with E-state index in [1.54, 1.807) is 12.4 Å². The molecule has 6 heteroatoms. The summed E-state index contributed by atoms with van der Waals surface area (Å²) in [6.07, 6.45) is 13.9. The van der Waals surface area contributed by atoms with Gasteiger partial charge < -0.3 is 19.5 Å². The van der Waals surface area contributed by atoms with Gasteiger partial charge in [-0.15, -0.1) is 6.42 Å². The number of carbonyl (C=O) groups is 1. The Kier molecular flexibility index (Phi) is 5.77. The largest absolute Gasteiger partial charge is 0.489 e. The Labute approximate surface area is 148 Å². The average Bonchev–Trinajstić information content (AvgIpc) is 2.64. The maximum atomic E-state index is 10.9. The van der Waals surface area contributed by atoms with Crippen LogP contribution in [0.4, 0.5) is 4.79 Å². The summed E-state index contributed by atoms with van der Waals surface area (Å²) in [6.45, 7) is 1.13. The fraction of sp³-hybridized carbons (Fsp3) is 0.579. The summed E-state index contributed by atoms with van der Waals surface area (Å²) in [4.78, 5) is 16.4. The zero-order valence-corrected chi connectivity index (χ0v) is 14.3. The minimum absolute atomic E-state index is 0.156. The second kappa shape index (κ2) is 8.21. The molecule has 0 radical (unpaired) electrons. The highest BCUT2D eigenvalue weighted by molar-refractivity contribution is 5.65. The van der Waals surface area contributed by atoms with E-state index in [0.717, 1.165) is 44.3 Å². The van der Waals surface area contributed by atoms with Crippen LogP contribution in [-0.2, 0) is 4.74 Å². The van der Waals surface area contributed by atoms with E-state index >= 15 is 0 Å². The summed E-state index contributed by atoms with van der Waals surface area (Å²) in [5.41, 5.74) is 0.686. The van der Waals surface area contributed by atoms with E-state index in [4.69, 9.17) is 21.0 Å². The summed E-state index contributed by atoms with van der Waals surface area (Å²) >= 11 is 0. The van der Waals surface area contributed by atoms with Crippen molar-refractivity contribution >= 4 is 6.09 Å². The number of carboxylic acid groups (broad SMARTS) is 1. The van der Waals surface area contributed by atoms with Crippen molar-refractivity contribution in [3.05, 3.63) is 24.0 Å². The van der Waals surface area contributed by atoms with Crippen molar-refractivity contribution in [1.82, 2.24) is 9.88 Å². The van der Waals surface area contributed by atoms with Gasteiger partial charge in [0.05, 0.1) is 23.9 Å². The van der Waals surface area contributed by atoms with Crippen LogP contribution in [0, 0.1) is 12.3 Å². The third-order valence-corrected chi connectivity index (χ3v) is 4.95. The number of pyridine rings is 1. The molecule has 0 atom stereocenters. The first-order chi connectivity index (χ1) is 12.2. The molecule has 2 heterocycles. The summed E-state index contributed by atoms with van der Waals surface area (Å²) in [5.74, 6) is 3.33. The van der Waals surface area contributed by atoms with Gasteiger partial charge in [-0.05, 0) is 44.6 Å². The van der Waals surface area contributed by atoms with Crippen LogP contribution in [0.25, 0.3) is 0 Å². The molecule has 2 fully saturated rings. The fourth-order valence-electron chi connectivity index (χ4n) is 3.51. The smallest absolute Gasteiger partial charge is 0.407 e. The molecule has 1 saturated carbocycles. The topological polar surface area (TPSA) is 71.9 Å². The maximum absolute atomic E-state index is 10.9. The number of nitrogens with zero attached hydrogens (tertiary/aromatic N) is 2. The van der Waals surface area contributed by atoms with Gasteiger partial charge in [0.2, 0.25) is 0 Å². The molecule has 25 heavy (non-hydrogen) atoms. The van der Waals surface area contributed by atoms with Crippen LogP contribution in [0.3, 0.4) is 0 Å². The molecule has 1 aliphatic carbocycles. The van der Waals surface area contributed by atoms with Gasteiger partial charge in [0, 0.05) is 25.5 Å². The van der Waals surface area contributed by atoms with Crippen LogP contribution >= 0.6 is 0 Å². The summed E-state index contributed by atoms with van der Waals surface area (Å²) in [7, 11) is 0. The van der Waals surface area contributed by atoms with E-state index in [0.29, 0.717) is 18.7 Å². The van der Waals surface area contributed by atoms with Gasteiger partial charge in [-0.2, -0.15) is 0 Å². The van der Waals surface area contributed by atoms with Gasteiger partial charge >= 0.3 is 6.09 Å². The Morgan fingerprint density at radius 1 is 1.16 bits per heavy atom. The van der Waals surface area contributed by atoms with Gasteiger partial charge in [-0.1, -0.05) is 5.92 Å². The zero-order chi connectivity index (χ0) is 17.6. The van der Waals surface area contributed by atoms with Gasteiger partial charge in [0.1, 0.15) is 5.75 Å². The minimum Gasteiger partial charge on any atom is -0.489 e. The normalized spacial score (nSPS) is 24.5. The summed E-state index contributed by atoms with van der Waals surface area (Å²) in [6, 6.07) is 1.81. The lowest BCUT2D eigenvalue weighted by atomic mass is 9.94. The van der Waals surface area contributed by atoms with Crippen LogP contribution in [-0.4, -0.2) is 52.5 Å². The monoisotopic (exact) mass is 344 g/mol. The first kappa shape index (κ1) is 17.6. The standard InChI is InChI=1S/C19H24N2O4/c1-2-14-13-20-10-7-18(14)25-16-5-3-15(4-6-16)24-17-8-11-21(12-9-17)19(22)23/h1,7,10,13,15-17H,3-6,8-9,11-12H2,(H,22,23). The van der Waals surface area contributed by atoms with Crippen LogP contribution < -0.4 is 4.74 Å². The lowest BCUT2D eigenvalue weighted by Crippen LogP contribution is -2.41. The zero-order valence-electron chi connectivity index (χ0n) is 14.3. The molecular formula is C19H24N2O4. The number of aromatic nitrogens is 1. The van der Waals surface area contributed by atoms with E-state index in [9.17, 15) is 4.79 Å². The van der Waals surface area contributed by atoms with Gasteiger partial charge in [0.25, 0.3) is 0 Å². The van der Waals surface area contributed by atoms with Crippen LogP contribution in [0.2, 0.25) is 0 Å². The molecule has 1 amide bonds. The average molecular weight is 344 g/mol. The number of hydrogen-bond donors (Lipinski definition) is 1. The number of ether oxygens (including phenoxy) is 2. The van der Waals surface area contributed by atoms with Crippen molar-refractivity contribution in [3.8, 4) is 18.1 Å². The lowest BCUT2D eigenvalue weighted by molar-refractivity contribution is -0.0641. The Morgan fingerprint density at radius 2 is 1.80 bits per heavy atom. The number of terminal acetylenes is 1. The maximum Gasteiger partial charge on any atom is 0.407 e. The van der Waals surface area contributed by atoms with E-state index < -0.39 is 6.09 Å². The Hall–Kier alpha value is -2.26. The molecule has 3 rings (SSSR count). The number of hydrogen-bond acceptors (Lipinski definition) is 4. The molecular weight excluding hydrogens is 320 g/mol. The molecule has 2 aliphatic rings. The number of piperidine rings is 1. The van der Waals surface area contributed by atoms with Crippen molar-refractivity contribution in [2.75, 3.05) is 13.1 Å². The highest BCUT2D eigenvalue weighted by Gasteiger charge is 2.28. The van der Waals surface area contributed by atoms with Gasteiger partial charge in [-0.3, -0.25) is 4.98 Å². The molecule has 134 valence electrons. The Balaban J connectivity index is 1.42. The third-order valence-electron chi connectivity index (χ3n) is 4.95. The molecule has 1 aliphatic heterocycles. The predicted octanol–water partition coefficient (Wildman–Crippen LogP) is 2.91. The van der Waals surface area contributed by atoms with E-state index in [-0.39, 0.29) is 18.3 Å². The van der Waals surface area contributed by atoms with Crippen LogP contribution in [0.1, 0.15) is 44.1 Å². The van der Waals surface area contributed by atoms with Crippen molar-refractivity contribution in [2.45, 2.75) is 56.8 Å². The Morgan fingerprint density at radius 3 is 2.44 bits per heavy atom. The first-order valence-electron chi connectivity index (χ1n) is 8.86. The van der Waals surface area contributed by atoms with E-state index in [1.165, 1.54) is 4.90 Å². The van der Waals surface area contributed by atoms with Crippen molar-refractivity contribution in [3.63, 3.8) is 0 Å². The first-order valence-corrected chi connectivity index (χ1v) is 8.86. The van der Waals surface area contributed by atoms with Gasteiger partial charge in [0.15, 0.2) is 0 Å². The van der Waals surface area contributed by atoms with Crippen LogP contribution in [0.15, 0.2) is 18.5 Å². The fourth-order valence-corrected chi connectivity index (χ4v) is 3.51. The quantitative estimate of drug-likeness (QED) is 0.850. The summed E-state index contributed by atoms with van der Waals surface area (Å²) < 4.78 is 12.2. The number of rotatable bonds is 4. The molecule has 0 bridgehead atoms. The minimum atomic E-state index is -0.835. The Bertz CT molecular complexity index is 627. The van der Waals surface area contributed by atoms with Crippen molar-refractivity contribution in [2.24, 2.45) is 0 Å². The van der Waals surface area contributed by atoms with E-state index in [2.05, 4.69) is 10.9 Å². The SMILES string of the molecule is C#Cc1cnccc1OC1CCC(OC2CCN(C(=O)O)CC2)CC1. The number of amides is 1. The molecule has 0 spiro atoms. The van der Waals surface area contributed by atoms with Crippen LogP contribution in [0.5, 0.6) is 5.75 Å². The second-order valence-electron chi connectivity index (χ2n) is 6.64. The van der Waals surface area contributed by atoms with Gasteiger partial charge in [-0.25, -0.2) is 4.79 Å². The lowest BCUT2D eigenvalue weighted by Gasteiger charge is -2.35. The predicted molar refractivity (Wildman–Crippen MR) is 92.5 cm³/mol. The molecule has 0 unspecified atom stereocenters. The summed E-state index contributed by atoms with van der Waals surface area (Å²) in [5, 5.41) is 8.99. The highest BCUT2D eigenvalue weighted by atomic mass is 16.5. The number of likely N-dealkylation sites (tertiary alicyclic amines) is 1. The molecule has 1 aromatic rings. The van der Waals surface area contributed by atoms with E-state index in [1.807, 2.05) is 6.07 Å². The van der Waals surface area contributed by atoms with Crippen molar-refractivity contribution in [1.29, 1.82) is 0 Å². The highest BCUT2D eigenvalue weighted by Crippen LogP contribution is 2.28. The van der Waals surface area contributed by atoms with Crippen molar-refractivity contribution < 1.29 is 19.4 Å². The molecule has 6 nitrogen and oxygen atoms in total. The molecule has 1 N–H and O–H groups in total. The molecule has 1 saturated heterocycles. The third kappa shape index (κ3) is 4.64.